The van der Waals surface area contributed by atoms with Crippen molar-refractivity contribution in [2.75, 3.05) is 18.4 Å². The molecule has 1 fully saturated rings. The number of nitrogens with zero attached hydrogens (tertiary/aromatic N) is 4. The number of benzene rings is 1. The molecule has 4 heterocycles. The molecule has 0 atom stereocenters. The fourth-order valence-electron chi connectivity index (χ4n) is 4.59. The van der Waals surface area contributed by atoms with E-state index in [2.05, 4.69) is 32.8 Å². The summed E-state index contributed by atoms with van der Waals surface area (Å²) in [5.74, 6) is 2.02. The Hall–Kier alpha value is -2.08. The van der Waals surface area contributed by atoms with Crippen LogP contribution in [-0.4, -0.2) is 32.5 Å². The fraction of sp³-hybridized carbons (Fsp3) is 0.364. The summed E-state index contributed by atoms with van der Waals surface area (Å²) < 4.78 is 2.26. The van der Waals surface area contributed by atoms with E-state index in [-0.39, 0.29) is 5.54 Å². The van der Waals surface area contributed by atoms with Gasteiger partial charge in [0.2, 0.25) is 0 Å². The number of hydrogen-bond acceptors (Lipinski definition) is 4. The molecule has 2 aliphatic heterocycles. The molecule has 0 radical (unpaired) electrons. The minimum atomic E-state index is -0.120. The molecule has 5 rings (SSSR count). The van der Waals surface area contributed by atoms with E-state index in [0.29, 0.717) is 0 Å². The van der Waals surface area contributed by atoms with E-state index in [1.807, 2.05) is 36.7 Å². The van der Waals surface area contributed by atoms with Gasteiger partial charge in [-0.1, -0.05) is 30.1 Å². The topological polar surface area (TPSA) is 46.0 Å². The van der Waals surface area contributed by atoms with Crippen LogP contribution in [0.15, 0.2) is 42.7 Å². The van der Waals surface area contributed by atoms with Crippen molar-refractivity contribution in [1.29, 1.82) is 0 Å². The number of nitrogens with one attached hydrogen (secondary N) is 1. The first-order chi connectivity index (χ1) is 14.1. The average Bonchev–Trinajstić information content (AvgIpc) is 3.18. The second kappa shape index (κ2) is 7.31. The Bertz CT molecular complexity index is 1050. The molecule has 0 amide bonds. The molecule has 3 aromatic rings. The zero-order chi connectivity index (χ0) is 20.0. The summed E-state index contributed by atoms with van der Waals surface area (Å²) in [6, 6.07) is 9.79. The van der Waals surface area contributed by atoms with Crippen LogP contribution in [0, 0.1) is 0 Å². The lowest BCUT2D eigenvalue weighted by atomic mass is 9.82. The van der Waals surface area contributed by atoms with Crippen molar-refractivity contribution in [3.8, 4) is 5.82 Å². The van der Waals surface area contributed by atoms with Crippen LogP contribution < -0.4 is 5.32 Å². The predicted molar refractivity (Wildman–Crippen MR) is 117 cm³/mol. The maximum Gasteiger partial charge on any atom is 0.161 e. The normalized spacial score (nSPS) is 17.6. The summed E-state index contributed by atoms with van der Waals surface area (Å²) in [7, 11) is 0. The molecule has 29 heavy (non-hydrogen) atoms. The molecule has 2 aliphatic rings. The van der Waals surface area contributed by atoms with Gasteiger partial charge in [-0.05, 0) is 48.7 Å². The molecule has 150 valence electrons. The number of pyridine rings is 1. The Balaban J connectivity index is 1.42. The summed E-state index contributed by atoms with van der Waals surface area (Å²) in [5, 5.41) is 5.32. The fourth-order valence-corrected chi connectivity index (χ4v) is 4.96. The summed E-state index contributed by atoms with van der Waals surface area (Å²) in [6.45, 7) is 4.90. The molecule has 0 bridgehead atoms. The molecule has 1 aromatic carbocycles. The van der Waals surface area contributed by atoms with Gasteiger partial charge < -0.3 is 5.32 Å². The maximum absolute atomic E-state index is 6.38. The minimum Gasteiger partial charge on any atom is -0.371 e. The van der Waals surface area contributed by atoms with Gasteiger partial charge in [0, 0.05) is 42.3 Å². The van der Waals surface area contributed by atoms with E-state index < -0.39 is 0 Å². The third-order valence-corrected chi connectivity index (χ3v) is 6.73. The molecule has 7 heteroatoms. The molecular weight excluding hydrogens is 405 g/mol. The lowest BCUT2D eigenvalue weighted by molar-refractivity contribution is 0.161. The van der Waals surface area contributed by atoms with E-state index in [9.17, 15) is 0 Å². The Morgan fingerprint density at radius 1 is 1.14 bits per heavy atom. The Morgan fingerprint density at radius 2 is 1.97 bits per heavy atom. The van der Waals surface area contributed by atoms with Gasteiger partial charge in [-0.25, -0.2) is 9.97 Å². The van der Waals surface area contributed by atoms with Gasteiger partial charge in [0.25, 0.3) is 0 Å². The number of anilines is 1. The zero-order valence-corrected chi connectivity index (χ0v) is 17.8. The van der Waals surface area contributed by atoms with E-state index in [0.717, 1.165) is 71.8 Å². The first-order valence-corrected chi connectivity index (χ1v) is 10.8. The van der Waals surface area contributed by atoms with E-state index in [1.165, 1.54) is 5.69 Å². The SMILES string of the molecule is CCc1ncc2n1-c1ncccc1NC21CCN(Cc2cc(Cl)ccc2Cl)CC1. The standard InChI is InChI=1S/C22H23Cl2N5/c1-2-20-26-13-19-22(27-18-4-3-9-25-21(18)29(19)20)7-10-28(11-8-22)14-15-12-16(23)5-6-17(15)24/h3-6,9,12-13,27H,2,7-8,10-11,14H2,1H3. The van der Waals surface area contributed by atoms with Gasteiger partial charge in [-0.2, -0.15) is 0 Å². The van der Waals surface area contributed by atoms with Crippen LogP contribution in [0.25, 0.3) is 5.82 Å². The van der Waals surface area contributed by atoms with Crippen LogP contribution in [0.2, 0.25) is 10.0 Å². The summed E-state index contributed by atoms with van der Waals surface area (Å²) >= 11 is 12.6. The Kier molecular flexibility index (Phi) is 4.77. The molecule has 0 saturated carbocycles. The molecule has 0 aliphatic carbocycles. The van der Waals surface area contributed by atoms with E-state index in [4.69, 9.17) is 28.2 Å². The average molecular weight is 428 g/mol. The van der Waals surface area contributed by atoms with Gasteiger partial charge in [0.1, 0.15) is 5.82 Å². The van der Waals surface area contributed by atoms with Crippen molar-refractivity contribution in [1.82, 2.24) is 19.4 Å². The molecule has 1 saturated heterocycles. The highest BCUT2D eigenvalue weighted by atomic mass is 35.5. The number of imidazole rings is 1. The van der Waals surface area contributed by atoms with Crippen molar-refractivity contribution >= 4 is 28.9 Å². The number of aryl methyl sites for hydroxylation is 1. The molecule has 1 N–H and O–H groups in total. The zero-order valence-electron chi connectivity index (χ0n) is 16.3. The summed E-state index contributed by atoms with van der Waals surface area (Å²) in [5.41, 5.74) is 3.27. The second-order valence-electron chi connectivity index (χ2n) is 7.84. The number of hydrogen-bond donors (Lipinski definition) is 1. The molecule has 5 nitrogen and oxygen atoms in total. The quantitative estimate of drug-likeness (QED) is 0.634. The Labute approximate surface area is 180 Å². The number of fused-ring (bicyclic) bond motifs is 4. The summed E-state index contributed by atoms with van der Waals surface area (Å²) in [6.07, 6.45) is 6.75. The van der Waals surface area contributed by atoms with Crippen molar-refractivity contribution in [3.05, 3.63) is 69.9 Å². The van der Waals surface area contributed by atoms with Gasteiger partial charge in [0.15, 0.2) is 5.82 Å². The summed E-state index contributed by atoms with van der Waals surface area (Å²) in [4.78, 5) is 11.8. The smallest absolute Gasteiger partial charge is 0.161 e. The molecule has 1 spiro atoms. The maximum atomic E-state index is 6.38. The third kappa shape index (κ3) is 3.21. The van der Waals surface area contributed by atoms with Crippen LogP contribution in [0.5, 0.6) is 0 Å². The van der Waals surface area contributed by atoms with Gasteiger partial charge in [0.05, 0.1) is 23.1 Å². The monoisotopic (exact) mass is 427 g/mol. The second-order valence-corrected chi connectivity index (χ2v) is 8.69. The first-order valence-electron chi connectivity index (χ1n) is 10.1. The predicted octanol–water partition coefficient (Wildman–Crippen LogP) is 5.05. The van der Waals surface area contributed by atoms with Crippen molar-refractivity contribution in [2.45, 2.75) is 38.3 Å². The van der Waals surface area contributed by atoms with Crippen LogP contribution in [0.3, 0.4) is 0 Å². The third-order valence-electron chi connectivity index (χ3n) is 6.13. The largest absolute Gasteiger partial charge is 0.371 e. The minimum absolute atomic E-state index is 0.120. The molecule has 2 aromatic heterocycles. The molecular formula is C22H23Cl2N5. The van der Waals surface area contributed by atoms with E-state index in [1.54, 1.807) is 0 Å². The lowest BCUT2D eigenvalue weighted by Gasteiger charge is -2.45. The number of rotatable bonds is 3. The van der Waals surface area contributed by atoms with E-state index >= 15 is 0 Å². The van der Waals surface area contributed by atoms with Crippen molar-refractivity contribution in [3.63, 3.8) is 0 Å². The van der Waals surface area contributed by atoms with Crippen molar-refractivity contribution < 1.29 is 0 Å². The highest BCUT2D eigenvalue weighted by Gasteiger charge is 2.43. The Morgan fingerprint density at radius 3 is 2.76 bits per heavy atom. The number of aromatic nitrogens is 3. The van der Waals surface area contributed by atoms with Crippen LogP contribution >= 0.6 is 23.2 Å². The first kappa shape index (κ1) is 18.9. The lowest BCUT2D eigenvalue weighted by Crippen LogP contribution is -2.49. The van der Waals surface area contributed by atoms with Gasteiger partial charge in [-0.15, -0.1) is 0 Å². The van der Waals surface area contributed by atoms with Crippen LogP contribution in [0.1, 0.15) is 36.8 Å². The molecule has 0 unspecified atom stereocenters. The highest BCUT2D eigenvalue weighted by molar-refractivity contribution is 6.33. The number of piperidine rings is 1. The van der Waals surface area contributed by atoms with Gasteiger partial charge in [-0.3, -0.25) is 9.47 Å². The van der Waals surface area contributed by atoms with Crippen LogP contribution in [-0.2, 0) is 18.5 Å². The van der Waals surface area contributed by atoms with Gasteiger partial charge >= 0.3 is 0 Å². The number of halogens is 2. The number of likely N-dealkylation sites (tertiary alicyclic amines) is 1. The highest BCUT2D eigenvalue weighted by Crippen LogP contribution is 2.43. The van der Waals surface area contributed by atoms with Crippen molar-refractivity contribution in [2.24, 2.45) is 0 Å². The van der Waals surface area contributed by atoms with Crippen LogP contribution in [0.4, 0.5) is 5.69 Å².